The molecule has 1 amide bonds. The van der Waals surface area contributed by atoms with E-state index in [-0.39, 0.29) is 23.1 Å². The Labute approximate surface area is 116 Å². The number of anilines is 1. The fourth-order valence-electron chi connectivity index (χ4n) is 2.61. The monoisotopic (exact) mass is 284 g/mol. The Morgan fingerprint density at radius 1 is 1.45 bits per heavy atom. The predicted molar refractivity (Wildman–Crippen MR) is 71.3 cm³/mol. The summed E-state index contributed by atoms with van der Waals surface area (Å²) in [6.07, 6.45) is 1.42. The fraction of sp³-hybridized carbons (Fsp3) is 0.500. The van der Waals surface area contributed by atoms with E-state index >= 15 is 0 Å². The summed E-state index contributed by atoms with van der Waals surface area (Å²) in [5.41, 5.74) is 0.0828. The highest BCUT2D eigenvalue weighted by Crippen LogP contribution is 2.29. The summed E-state index contributed by atoms with van der Waals surface area (Å²) < 4.78 is 28.0. The Morgan fingerprint density at radius 3 is 2.65 bits per heavy atom. The molecular formula is C14H18F2N2O2. The number of nitrogens with one attached hydrogen (secondary N) is 1. The van der Waals surface area contributed by atoms with Crippen LogP contribution in [0.3, 0.4) is 0 Å². The largest absolute Gasteiger partial charge is 0.392 e. The number of benzene rings is 1. The van der Waals surface area contributed by atoms with Crippen LogP contribution in [0.15, 0.2) is 12.1 Å². The van der Waals surface area contributed by atoms with Gasteiger partial charge in [0.1, 0.15) is 17.3 Å². The van der Waals surface area contributed by atoms with Crippen molar-refractivity contribution in [3.63, 3.8) is 0 Å². The molecule has 1 aromatic carbocycles. The number of aliphatic hydroxyl groups excluding tert-OH is 1. The zero-order valence-corrected chi connectivity index (χ0v) is 11.3. The number of nitrogens with zero attached hydrogens (tertiary/aromatic N) is 1. The van der Waals surface area contributed by atoms with Crippen molar-refractivity contribution in [2.24, 2.45) is 5.92 Å². The van der Waals surface area contributed by atoms with Gasteiger partial charge in [0.25, 0.3) is 0 Å². The zero-order valence-electron chi connectivity index (χ0n) is 11.3. The van der Waals surface area contributed by atoms with E-state index in [0.717, 1.165) is 12.1 Å². The molecule has 1 aliphatic heterocycles. The van der Waals surface area contributed by atoms with Crippen molar-refractivity contribution < 1.29 is 18.7 Å². The van der Waals surface area contributed by atoms with Gasteiger partial charge in [-0.1, -0.05) is 0 Å². The van der Waals surface area contributed by atoms with E-state index in [0.29, 0.717) is 25.9 Å². The van der Waals surface area contributed by atoms with Crippen LogP contribution in [0.5, 0.6) is 0 Å². The van der Waals surface area contributed by atoms with Gasteiger partial charge in [-0.2, -0.15) is 0 Å². The van der Waals surface area contributed by atoms with E-state index in [1.807, 2.05) is 0 Å². The number of carbonyl (C=O) groups excluding carboxylic acids is 1. The van der Waals surface area contributed by atoms with Gasteiger partial charge in [-0.05, 0) is 30.5 Å². The lowest BCUT2D eigenvalue weighted by Gasteiger charge is -2.34. The molecule has 1 aliphatic rings. The van der Waals surface area contributed by atoms with Crippen molar-refractivity contribution >= 4 is 11.6 Å². The molecule has 0 aromatic heterocycles. The standard InChI is InChI=1S/C14H18F2N2O2/c1-17-14(20)10-3-2-4-18(7-10)13-11(15)5-9(8-19)6-12(13)16/h5-6,10,19H,2-4,7-8H2,1H3,(H,17,20). The van der Waals surface area contributed by atoms with Crippen molar-refractivity contribution in [3.05, 3.63) is 29.3 Å². The summed E-state index contributed by atoms with van der Waals surface area (Å²) in [4.78, 5) is 13.2. The lowest BCUT2D eigenvalue weighted by atomic mass is 9.96. The first-order chi connectivity index (χ1) is 9.56. The number of rotatable bonds is 3. The minimum absolute atomic E-state index is 0.109. The molecule has 0 spiro atoms. The highest BCUT2D eigenvalue weighted by molar-refractivity contribution is 5.79. The summed E-state index contributed by atoms with van der Waals surface area (Å²) in [7, 11) is 1.55. The third-order valence-corrected chi connectivity index (χ3v) is 3.61. The number of hydrogen-bond donors (Lipinski definition) is 2. The van der Waals surface area contributed by atoms with Gasteiger partial charge in [0.15, 0.2) is 0 Å². The Bertz CT molecular complexity index is 485. The molecule has 0 aliphatic carbocycles. The topological polar surface area (TPSA) is 52.6 Å². The van der Waals surface area contributed by atoms with Crippen LogP contribution < -0.4 is 10.2 Å². The van der Waals surface area contributed by atoms with E-state index in [1.165, 1.54) is 0 Å². The molecule has 1 fully saturated rings. The molecule has 0 radical (unpaired) electrons. The number of amides is 1. The second kappa shape index (κ2) is 6.17. The van der Waals surface area contributed by atoms with E-state index in [1.54, 1.807) is 11.9 Å². The maximum Gasteiger partial charge on any atom is 0.224 e. The normalized spacial score (nSPS) is 19.0. The second-order valence-corrected chi connectivity index (χ2v) is 4.97. The molecule has 2 rings (SSSR count). The number of aliphatic hydroxyl groups is 1. The molecule has 2 N–H and O–H groups in total. The summed E-state index contributed by atoms with van der Waals surface area (Å²) >= 11 is 0. The molecule has 0 saturated carbocycles. The van der Waals surface area contributed by atoms with E-state index in [9.17, 15) is 13.6 Å². The maximum absolute atomic E-state index is 14.0. The number of carbonyl (C=O) groups is 1. The molecular weight excluding hydrogens is 266 g/mol. The van der Waals surface area contributed by atoms with Gasteiger partial charge in [0.05, 0.1) is 12.5 Å². The molecule has 1 atom stereocenters. The molecule has 0 bridgehead atoms. The van der Waals surface area contributed by atoms with Crippen LogP contribution in [0.1, 0.15) is 18.4 Å². The number of hydrogen-bond acceptors (Lipinski definition) is 3. The predicted octanol–water partition coefficient (Wildman–Crippen LogP) is 1.42. The molecule has 4 nitrogen and oxygen atoms in total. The molecule has 1 aromatic rings. The molecule has 20 heavy (non-hydrogen) atoms. The summed E-state index contributed by atoms with van der Waals surface area (Å²) in [6, 6.07) is 2.25. The summed E-state index contributed by atoms with van der Waals surface area (Å²) in [5.74, 6) is -1.77. The van der Waals surface area contributed by atoms with Crippen LogP contribution in [0, 0.1) is 17.6 Å². The van der Waals surface area contributed by atoms with Crippen molar-refractivity contribution in [2.45, 2.75) is 19.4 Å². The smallest absolute Gasteiger partial charge is 0.224 e. The minimum Gasteiger partial charge on any atom is -0.392 e. The Balaban J connectivity index is 2.25. The quantitative estimate of drug-likeness (QED) is 0.882. The van der Waals surface area contributed by atoms with Crippen LogP contribution in [0.25, 0.3) is 0 Å². The Kier molecular flexibility index (Phi) is 4.54. The minimum atomic E-state index is -0.702. The third kappa shape index (κ3) is 2.90. The first kappa shape index (κ1) is 14.7. The average Bonchev–Trinajstić information content (AvgIpc) is 2.45. The third-order valence-electron chi connectivity index (χ3n) is 3.61. The molecule has 110 valence electrons. The molecule has 1 heterocycles. The van der Waals surface area contributed by atoms with Crippen molar-refractivity contribution in [3.8, 4) is 0 Å². The van der Waals surface area contributed by atoms with Crippen molar-refractivity contribution in [1.29, 1.82) is 0 Å². The fourth-order valence-corrected chi connectivity index (χ4v) is 2.61. The van der Waals surface area contributed by atoms with Gasteiger partial charge in [0.2, 0.25) is 5.91 Å². The average molecular weight is 284 g/mol. The van der Waals surface area contributed by atoms with Gasteiger partial charge in [-0.3, -0.25) is 4.79 Å². The van der Waals surface area contributed by atoms with E-state index < -0.39 is 18.2 Å². The van der Waals surface area contributed by atoms with Gasteiger partial charge >= 0.3 is 0 Å². The molecule has 1 unspecified atom stereocenters. The van der Waals surface area contributed by atoms with Crippen LogP contribution >= 0.6 is 0 Å². The lowest BCUT2D eigenvalue weighted by Crippen LogP contribution is -2.42. The SMILES string of the molecule is CNC(=O)C1CCCN(c2c(F)cc(CO)cc2F)C1. The van der Waals surface area contributed by atoms with Crippen LogP contribution in [-0.4, -0.2) is 31.2 Å². The highest BCUT2D eigenvalue weighted by Gasteiger charge is 2.28. The van der Waals surface area contributed by atoms with Crippen LogP contribution in [0.4, 0.5) is 14.5 Å². The molecule has 1 saturated heterocycles. The van der Waals surface area contributed by atoms with E-state index in [2.05, 4.69) is 5.32 Å². The summed E-state index contributed by atoms with van der Waals surface area (Å²) in [6.45, 7) is 0.404. The van der Waals surface area contributed by atoms with Gasteiger partial charge in [-0.15, -0.1) is 0 Å². The summed E-state index contributed by atoms with van der Waals surface area (Å²) in [5, 5.41) is 11.5. The first-order valence-electron chi connectivity index (χ1n) is 6.62. The highest BCUT2D eigenvalue weighted by atomic mass is 19.1. The Hall–Kier alpha value is -1.69. The van der Waals surface area contributed by atoms with Crippen LogP contribution in [0.2, 0.25) is 0 Å². The zero-order chi connectivity index (χ0) is 14.7. The van der Waals surface area contributed by atoms with Gasteiger partial charge in [-0.25, -0.2) is 8.78 Å². The van der Waals surface area contributed by atoms with E-state index in [4.69, 9.17) is 5.11 Å². The second-order valence-electron chi connectivity index (χ2n) is 4.97. The van der Waals surface area contributed by atoms with Gasteiger partial charge in [0, 0.05) is 20.1 Å². The lowest BCUT2D eigenvalue weighted by molar-refractivity contribution is -0.124. The number of piperidine rings is 1. The van der Waals surface area contributed by atoms with Crippen molar-refractivity contribution in [2.75, 3.05) is 25.0 Å². The van der Waals surface area contributed by atoms with Gasteiger partial charge < -0.3 is 15.3 Å². The Morgan fingerprint density at radius 2 is 2.10 bits per heavy atom. The van der Waals surface area contributed by atoms with Crippen molar-refractivity contribution in [1.82, 2.24) is 5.32 Å². The first-order valence-corrected chi connectivity index (χ1v) is 6.62. The number of halogens is 2. The van der Waals surface area contributed by atoms with Crippen LogP contribution in [-0.2, 0) is 11.4 Å². The maximum atomic E-state index is 14.0. The molecule has 6 heteroatoms.